The third-order valence-corrected chi connectivity index (χ3v) is 18.4. The lowest BCUT2D eigenvalue weighted by Gasteiger charge is -2.24. The molecule has 0 aliphatic heterocycles. The molecule has 4 nitrogen and oxygen atoms in total. The molecule has 0 saturated heterocycles. The van der Waals surface area contributed by atoms with Crippen LogP contribution in [0.25, 0.3) is 166 Å². The Labute approximate surface area is 508 Å². The number of para-hydroxylation sites is 8. The lowest BCUT2D eigenvalue weighted by molar-refractivity contribution is 1.18. The number of aromatic nitrogens is 4. The molecule has 0 aliphatic carbocycles. The van der Waals surface area contributed by atoms with Crippen molar-refractivity contribution in [2.45, 2.75) is 0 Å². The van der Waals surface area contributed by atoms with Crippen molar-refractivity contribution in [2.24, 2.45) is 0 Å². The van der Waals surface area contributed by atoms with Crippen LogP contribution >= 0.6 is 0 Å². The van der Waals surface area contributed by atoms with Gasteiger partial charge in [0.25, 0.3) is 0 Å². The van der Waals surface area contributed by atoms with Gasteiger partial charge in [0.05, 0.1) is 44.1 Å². The molecule has 0 spiro atoms. The van der Waals surface area contributed by atoms with Gasteiger partial charge in [-0.25, -0.2) is 0 Å². The fourth-order valence-electron chi connectivity index (χ4n) is 14.7. The minimum atomic E-state index is 1.10. The van der Waals surface area contributed by atoms with E-state index in [-0.39, 0.29) is 0 Å². The van der Waals surface area contributed by atoms with Crippen LogP contribution in [0.3, 0.4) is 0 Å². The van der Waals surface area contributed by atoms with Gasteiger partial charge in [-0.15, -0.1) is 0 Å². The predicted octanol–water partition coefficient (Wildman–Crippen LogP) is 22.4. The van der Waals surface area contributed by atoms with Crippen molar-refractivity contribution in [1.82, 2.24) is 18.3 Å². The quantitative estimate of drug-likeness (QED) is 0.137. The van der Waals surface area contributed by atoms with Crippen LogP contribution in [-0.2, 0) is 0 Å². The van der Waals surface area contributed by atoms with Crippen molar-refractivity contribution in [1.29, 1.82) is 0 Å². The molecule has 410 valence electrons. The predicted molar refractivity (Wildman–Crippen MR) is 371 cm³/mol. The molecule has 0 bridgehead atoms. The number of benzene rings is 14. The lowest BCUT2D eigenvalue weighted by atomic mass is 9.80. The van der Waals surface area contributed by atoms with E-state index in [0.717, 1.165) is 78.4 Å². The van der Waals surface area contributed by atoms with Crippen molar-refractivity contribution in [3.63, 3.8) is 0 Å². The molecule has 4 heteroatoms. The zero-order valence-corrected chi connectivity index (χ0v) is 48.0. The maximum atomic E-state index is 2.44. The van der Waals surface area contributed by atoms with Gasteiger partial charge in [-0.05, 0) is 153 Å². The van der Waals surface area contributed by atoms with E-state index in [1.807, 2.05) is 0 Å². The standard InChI is InChI=1S/C84H54N4/c1-9-43-75-67(31-1)68-32-2-10-44-76(68)85(75)59-27-17-23-55(51-59)63-39-21-40-64(56-24-18-28-60(52-56)86-77-45-11-3-33-69(77)70-34-4-12-46-78(70)86)83(63)84-65(57-25-19-29-61(53-57)87-79-47-13-5-35-71(79)72-36-6-14-48-80(72)87)41-22-42-66(84)58-26-20-30-62(54-58)88-81-49-15-7-37-73(81)74-38-8-16-50-82(74)88/h1-54H. The molecule has 0 fully saturated rings. The fourth-order valence-corrected chi connectivity index (χ4v) is 14.7. The summed E-state index contributed by atoms with van der Waals surface area (Å²) in [4.78, 5) is 0. The summed E-state index contributed by atoms with van der Waals surface area (Å²) in [6.45, 7) is 0. The number of fused-ring (bicyclic) bond motifs is 12. The highest BCUT2D eigenvalue weighted by atomic mass is 15.0. The SMILES string of the molecule is c1cc(-c2cccc(-c3cccc(-n4c5ccccc5c5ccccc54)c3)c2-c2c(-c3cccc(-n4c5ccccc5c5ccccc54)c3)cccc2-c2cccc(-n3c4ccccc4c4ccccc43)c2)cc(-n2c3ccccc3c3ccccc32)c1. The average molecular weight is 1120 g/mol. The first-order valence-electron chi connectivity index (χ1n) is 30.3. The molecule has 4 aromatic heterocycles. The normalized spacial score (nSPS) is 11.9. The molecule has 14 aromatic carbocycles. The second-order valence-electron chi connectivity index (χ2n) is 23.1. The second-order valence-corrected chi connectivity index (χ2v) is 23.1. The molecule has 0 amide bonds. The Morgan fingerprint density at radius 2 is 0.318 bits per heavy atom. The molecule has 0 atom stereocenters. The topological polar surface area (TPSA) is 19.7 Å². The Morgan fingerprint density at radius 1 is 0.148 bits per heavy atom. The Kier molecular flexibility index (Phi) is 11.3. The van der Waals surface area contributed by atoms with Gasteiger partial charge in [0.15, 0.2) is 0 Å². The summed E-state index contributed by atoms with van der Waals surface area (Å²) in [5.74, 6) is 0. The molecular formula is C84H54N4. The largest absolute Gasteiger partial charge is 0.309 e. The maximum Gasteiger partial charge on any atom is 0.0541 e. The number of nitrogens with zero attached hydrogens (tertiary/aromatic N) is 4. The highest BCUT2D eigenvalue weighted by molar-refractivity contribution is 6.13. The summed E-state index contributed by atoms with van der Waals surface area (Å²) in [5, 5.41) is 9.88. The number of hydrogen-bond donors (Lipinski definition) is 0. The minimum absolute atomic E-state index is 1.10. The molecule has 18 aromatic rings. The summed E-state index contributed by atoms with van der Waals surface area (Å²) in [7, 11) is 0. The average Bonchev–Trinajstić information content (AvgIpc) is 2.50. The summed E-state index contributed by atoms with van der Waals surface area (Å²) in [6, 6.07) is 121. The van der Waals surface area contributed by atoms with E-state index < -0.39 is 0 Å². The van der Waals surface area contributed by atoms with Crippen LogP contribution in [-0.4, -0.2) is 18.3 Å². The molecule has 88 heavy (non-hydrogen) atoms. The zero-order chi connectivity index (χ0) is 57.8. The Bertz CT molecular complexity index is 4920. The lowest BCUT2D eigenvalue weighted by Crippen LogP contribution is -2.00. The Hall–Kier alpha value is -11.7. The first kappa shape index (κ1) is 49.7. The van der Waals surface area contributed by atoms with Crippen molar-refractivity contribution >= 4 is 87.2 Å². The van der Waals surface area contributed by atoms with E-state index in [1.54, 1.807) is 0 Å². The Morgan fingerprint density at radius 3 is 0.511 bits per heavy atom. The Balaban J connectivity index is 0.937. The molecule has 0 radical (unpaired) electrons. The summed E-state index contributed by atoms with van der Waals surface area (Å²) in [5.41, 5.74) is 25.1. The molecular weight excluding hydrogens is 1060 g/mol. The molecule has 18 rings (SSSR count). The van der Waals surface area contributed by atoms with E-state index in [2.05, 4.69) is 346 Å². The van der Waals surface area contributed by atoms with Crippen LogP contribution < -0.4 is 0 Å². The van der Waals surface area contributed by atoms with Gasteiger partial charge in [-0.1, -0.05) is 231 Å². The van der Waals surface area contributed by atoms with Crippen molar-refractivity contribution in [3.8, 4) is 78.4 Å². The number of rotatable bonds is 9. The van der Waals surface area contributed by atoms with Gasteiger partial charge in [0.2, 0.25) is 0 Å². The van der Waals surface area contributed by atoms with Crippen LogP contribution in [0.15, 0.2) is 328 Å². The van der Waals surface area contributed by atoms with Gasteiger partial charge in [0.1, 0.15) is 0 Å². The van der Waals surface area contributed by atoms with E-state index in [9.17, 15) is 0 Å². The highest BCUT2D eigenvalue weighted by Gasteiger charge is 2.25. The summed E-state index contributed by atoms with van der Waals surface area (Å²) >= 11 is 0. The van der Waals surface area contributed by atoms with E-state index in [0.29, 0.717) is 0 Å². The molecule has 4 heterocycles. The third kappa shape index (κ3) is 7.65. The van der Waals surface area contributed by atoms with Crippen LogP contribution in [0, 0.1) is 0 Å². The van der Waals surface area contributed by atoms with Crippen molar-refractivity contribution in [2.75, 3.05) is 0 Å². The van der Waals surface area contributed by atoms with Gasteiger partial charge in [-0.2, -0.15) is 0 Å². The van der Waals surface area contributed by atoms with Gasteiger partial charge >= 0.3 is 0 Å². The third-order valence-electron chi connectivity index (χ3n) is 18.4. The summed E-state index contributed by atoms with van der Waals surface area (Å²) < 4.78 is 9.75. The van der Waals surface area contributed by atoms with E-state index in [4.69, 9.17) is 0 Å². The number of hydrogen-bond acceptors (Lipinski definition) is 0. The van der Waals surface area contributed by atoms with Crippen LogP contribution in [0.5, 0.6) is 0 Å². The monoisotopic (exact) mass is 1120 g/mol. The molecule has 0 aliphatic rings. The van der Waals surface area contributed by atoms with Crippen LogP contribution in [0.1, 0.15) is 0 Å². The second kappa shape index (κ2) is 20.0. The van der Waals surface area contributed by atoms with Crippen LogP contribution in [0.4, 0.5) is 0 Å². The minimum Gasteiger partial charge on any atom is -0.309 e. The van der Waals surface area contributed by atoms with Gasteiger partial charge < -0.3 is 18.3 Å². The van der Waals surface area contributed by atoms with E-state index in [1.165, 1.54) is 87.2 Å². The van der Waals surface area contributed by atoms with Crippen molar-refractivity contribution in [3.05, 3.63) is 328 Å². The highest BCUT2D eigenvalue weighted by Crippen LogP contribution is 2.50. The van der Waals surface area contributed by atoms with Gasteiger partial charge in [0, 0.05) is 65.8 Å². The molecule has 0 N–H and O–H groups in total. The van der Waals surface area contributed by atoms with E-state index >= 15 is 0 Å². The van der Waals surface area contributed by atoms with Crippen molar-refractivity contribution < 1.29 is 0 Å². The fraction of sp³-hybridized carbons (Fsp3) is 0. The smallest absolute Gasteiger partial charge is 0.0541 e. The zero-order valence-electron chi connectivity index (χ0n) is 48.0. The molecule has 0 unspecified atom stereocenters. The van der Waals surface area contributed by atoms with Gasteiger partial charge in [-0.3, -0.25) is 0 Å². The maximum absolute atomic E-state index is 2.44. The molecule has 0 saturated carbocycles. The summed E-state index contributed by atoms with van der Waals surface area (Å²) in [6.07, 6.45) is 0. The first-order chi connectivity index (χ1) is 43.7. The first-order valence-corrected chi connectivity index (χ1v) is 30.3. The van der Waals surface area contributed by atoms with Crippen LogP contribution in [0.2, 0.25) is 0 Å².